The molecule has 0 saturated carbocycles. The minimum Gasteiger partial charge on any atom is -0.394 e. The zero-order valence-corrected chi connectivity index (χ0v) is 11.3. The average Bonchev–Trinajstić information content (AvgIpc) is 2.94. The van der Waals surface area contributed by atoms with Gasteiger partial charge in [0.05, 0.1) is 31.0 Å². The van der Waals surface area contributed by atoms with E-state index in [0.29, 0.717) is 11.5 Å². The number of rotatable bonds is 4. The van der Waals surface area contributed by atoms with Gasteiger partial charge in [0.1, 0.15) is 6.17 Å². The standard InChI is InChI=1S/C13H20FN3O2/c1-9(2)5-16-6-10(4-15-16)13(19)17-7-11(14)3-12(17)8-18/h4,6,9,11-12,18H,3,5,7-8H2,1-2H3/t11-,12-/m0/s1. The molecule has 0 unspecified atom stereocenters. The number of alkyl halides is 1. The molecule has 1 aromatic rings. The van der Waals surface area contributed by atoms with Crippen LogP contribution in [0.1, 0.15) is 30.6 Å². The summed E-state index contributed by atoms with van der Waals surface area (Å²) in [6, 6.07) is -0.420. The molecule has 5 nitrogen and oxygen atoms in total. The molecule has 1 saturated heterocycles. The molecule has 1 amide bonds. The minimum atomic E-state index is -1.05. The number of halogens is 1. The van der Waals surface area contributed by atoms with Crippen LogP contribution in [-0.2, 0) is 6.54 Å². The maximum Gasteiger partial charge on any atom is 0.257 e. The number of hydrogen-bond acceptors (Lipinski definition) is 3. The van der Waals surface area contributed by atoms with Crippen molar-refractivity contribution in [3.63, 3.8) is 0 Å². The van der Waals surface area contributed by atoms with Gasteiger partial charge in [0, 0.05) is 19.2 Å². The lowest BCUT2D eigenvalue weighted by atomic mass is 10.2. The van der Waals surface area contributed by atoms with Crippen molar-refractivity contribution in [1.29, 1.82) is 0 Å². The van der Waals surface area contributed by atoms with Crippen molar-refractivity contribution >= 4 is 5.91 Å². The average molecular weight is 269 g/mol. The molecule has 2 rings (SSSR count). The van der Waals surface area contributed by atoms with Gasteiger partial charge in [-0.3, -0.25) is 9.48 Å². The summed E-state index contributed by atoms with van der Waals surface area (Å²) in [6.45, 7) is 4.73. The van der Waals surface area contributed by atoms with Gasteiger partial charge in [0.25, 0.3) is 5.91 Å². The zero-order valence-electron chi connectivity index (χ0n) is 11.3. The van der Waals surface area contributed by atoms with E-state index in [1.54, 1.807) is 10.9 Å². The summed E-state index contributed by atoms with van der Waals surface area (Å²) in [5.41, 5.74) is 0.452. The second-order valence-electron chi connectivity index (χ2n) is 5.47. The smallest absolute Gasteiger partial charge is 0.257 e. The molecule has 19 heavy (non-hydrogen) atoms. The number of nitrogens with zero attached hydrogens (tertiary/aromatic N) is 3. The van der Waals surface area contributed by atoms with E-state index in [0.717, 1.165) is 6.54 Å². The van der Waals surface area contributed by atoms with Crippen molar-refractivity contribution in [2.75, 3.05) is 13.2 Å². The number of hydrogen-bond donors (Lipinski definition) is 1. The number of likely N-dealkylation sites (tertiary alicyclic amines) is 1. The van der Waals surface area contributed by atoms with Gasteiger partial charge in [0.15, 0.2) is 0 Å². The molecule has 0 spiro atoms. The van der Waals surface area contributed by atoms with E-state index in [-0.39, 0.29) is 25.5 Å². The van der Waals surface area contributed by atoms with Gasteiger partial charge in [-0.05, 0) is 5.92 Å². The molecule has 1 N–H and O–H groups in total. The Morgan fingerprint density at radius 2 is 2.37 bits per heavy atom. The van der Waals surface area contributed by atoms with Crippen molar-refractivity contribution in [3.8, 4) is 0 Å². The van der Waals surface area contributed by atoms with Crippen LogP contribution in [0.15, 0.2) is 12.4 Å². The summed E-state index contributed by atoms with van der Waals surface area (Å²) in [5, 5.41) is 13.3. The lowest BCUT2D eigenvalue weighted by molar-refractivity contribution is 0.0672. The highest BCUT2D eigenvalue weighted by Gasteiger charge is 2.35. The van der Waals surface area contributed by atoms with E-state index in [1.807, 2.05) is 0 Å². The van der Waals surface area contributed by atoms with Gasteiger partial charge in [-0.1, -0.05) is 13.8 Å². The maximum atomic E-state index is 13.3. The van der Waals surface area contributed by atoms with Crippen LogP contribution in [0.4, 0.5) is 4.39 Å². The van der Waals surface area contributed by atoms with Gasteiger partial charge in [0.2, 0.25) is 0 Å². The molecule has 0 aliphatic carbocycles. The summed E-state index contributed by atoms with van der Waals surface area (Å²) in [7, 11) is 0. The first-order chi connectivity index (χ1) is 9.01. The molecule has 0 bridgehead atoms. The molecule has 1 aromatic heterocycles. The van der Waals surface area contributed by atoms with Gasteiger partial charge in [-0.25, -0.2) is 4.39 Å². The fourth-order valence-electron chi connectivity index (χ4n) is 2.40. The number of carbonyl (C=O) groups is 1. The zero-order chi connectivity index (χ0) is 14.0. The fraction of sp³-hybridized carbons (Fsp3) is 0.692. The third-order valence-corrected chi connectivity index (χ3v) is 3.27. The molecular formula is C13H20FN3O2. The third kappa shape index (κ3) is 3.12. The van der Waals surface area contributed by atoms with Crippen molar-refractivity contribution < 1.29 is 14.3 Å². The van der Waals surface area contributed by atoms with Crippen LogP contribution in [0.25, 0.3) is 0 Å². The highest BCUT2D eigenvalue weighted by atomic mass is 19.1. The molecule has 1 fully saturated rings. The molecule has 1 aliphatic rings. The first-order valence-corrected chi connectivity index (χ1v) is 6.59. The number of aromatic nitrogens is 2. The Labute approximate surface area is 112 Å². The Balaban J connectivity index is 2.08. The lowest BCUT2D eigenvalue weighted by Crippen LogP contribution is -2.37. The number of aliphatic hydroxyl groups excluding tert-OH is 1. The Bertz CT molecular complexity index is 447. The Hall–Kier alpha value is -1.43. The summed E-state index contributed by atoms with van der Waals surface area (Å²) in [4.78, 5) is 13.7. The van der Waals surface area contributed by atoms with Gasteiger partial charge < -0.3 is 10.0 Å². The fourth-order valence-corrected chi connectivity index (χ4v) is 2.40. The normalized spacial score (nSPS) is 23.3. The first-order valence-electron chi connectivity index (χ1n) is 6.59. The Kier molecular flexibility index (Phi) is 4.19. The van der Waals surface area contributed by atoms with Crippen LogP contribution in [0.5, 0.6) is 0 Å². The van der Waals surface area contributed by atoms with Crippen molar-refractivity contribution in [3.05, 3.63) is 18.0 Å². The van der Waals surface area contributed by atoms with E-state index in [4.69, 9.17) is 0 Å². The number of aliphatic hydroxyl groups is 1. The summed E-state index contributed by atoms with van der Waals surface area (Å²) >= 11 is 0. The van der Waals surface area contributed by atoms with Crippen LogP contribution in [0.3, 0.4) is 0 Å². The predicted molar refractivity (Wildman–Crippen MR) is 68.5 cm³/mol. The van der Waals surface area contributed by atoms with E-state index in [2.05, 4.69) is 18.9 Å². The number of amides is 1. The van der Waals surface area contributed by atoms with Crippen molar-refractivity contribution in [2.45, 2.75) is 39.0 Å². The van der Waals surface area contributed by atoms with Crippen LogP contribution < -0.4 is 0 Å². The molecular weight excluding hydrogens is 249 g/mol. The van der Waals surface area contributed by atoms with E-state index >= 15 is 0 Å². The Morgan fingerprint density at radius 1 is 1.63 bits per heavy atom. The van der Waals surface area contributed by atoms with Crippen LogP contribution in [0.2, 0.25) is 0 Å². The third-order valence-electron chi connectivity index (χ3n) is 3.27. The van der Waals surface area contributed by atoms with E-state index in [9.17, 15) is 14.3 Å². The quantitative estimate of drug-likeness (QED) is 0.890. The van der Waals surface area contributed by atoms with Gasteiger partial charge in [-0.15, -0.1) is 0 Å². The summed E-state index contributed by atoms with van der Waals surface area (Å²) < 4.78 is 15.1. The largest absolute Gasteiger partial charge is 0.394 e. The monoisotopic (exact) mass is 269 g/mol. The molecule has 6 heteroatoms. The van der Waals surface area contributed by atoms with Crippen LogP contribution in [0, 0.1) is 5.92 Å². The highest BCUT2D eigenvalue weighted by molar-refractivity contribution is 5.94. The summed E-state index contributed by atoms with van der Waals surface area (Å²) in [6.07, 6.45) is 2.35. The maximum absolute atomic E-state index is 13.3. The summed E-state index contributed by atoms with van der Waals surface area (Å²) in [5.74, 6) is 0.184. The minimum absolute atomic E-state index is 0.0550. The second kappa shape index (κ2) is 5.69. The molecule has 106 valence electrons. The lowest BCUT2D eigenvalue weighted by Gasteiger charge is -2.21. The molecule has 0 radical (unpaired) electrons. The topological polar surface area (TPSA) is 58.4 Å². The van der Waals surface area contributed by atoms with E-state index in [1.165, 1.54) is 11.1 Å². The number of carbonyl (C=O) groups excluding carboxylic acids is 1. The van der Waals surface area contributed by atoms with Crippen molar-refractivity contribution in [1.82, 2.24) is 14.7 Å². The van der Waals surface area contributed by atoms with Crippen LogP contribution >= 0.6 is 0 Å². The molecule has 0 aromatic carbocycles. The van der Waals surface area contributed by atoms with Gasteiger partial charge >= 0.3 is 0 Å². The first kappa shape index (κ1) is 14.0. The molecule has 1 aliphatic heterocycles. The van der Waals surface area contributed by atoms with Gasteiger partial charge in [-0.2, -0.15) is 5.10 Å². The van der Waals surface area contributed by atoms with E-state index < -0.39 is 12.2 Å². The second-order valence-corrected chi connectivity index (χ2v) is 5.47. The van der Waals surface area contributed by atoms with Crippen LogP contribution in [-0.4, -0.2) is 51.1 Å². The molecule has 2 heterocycles. The predicted octanol–water partition coefficient (Wildman–Crippen LogP) is 1.08. The SMILES string of the molecule is CC(C)Cn1cc(C(=O)N2C[C@@H](F)C[C@H]2CO)cn1. The highest BCUT2D eigenvalue weighted by Crippen LogP contribution is 2.22. The Morgan fingerprint density at radius 3 is 3.00 bits per heavy atom. The molecule has 2 atom stereocenters. The van der Waals surface area contributed by atoms with Crippen molar-refractivity contribution in [2.24, 2.45) is 5.92 Å².